The van der Waals surface area contributed by atoms with Crippen molar-refractivity contribution >= 4 is 23.7 Å². The smallest absolute Gasteiger partial charge is 0.320 e. The van der Waals surface area contributed by atoms with Gasteiger partial charge in [-0.2, -0.15) is 0 Å². The van der Waals surface area contributed by atoms with Gasteiger partial charge in [-0.25, -0.2) is 0 Å². The molecule has 0 aromatic heterocycles. The first kappa shape index (κ1) is 31.1. The van der Waals surface area contributed by atoms with Crippen LogP contribution in [-0.2, 0) is 25.6 Å². The van der Waals surface area contributed by atoms with E-state index in [1.165, 1.54) is 0 Å². The second kappa shape index (κ2) is 15.2. The highest BCUT2D eigenvalue weighted by molar-refractivity contribution is 5.93. The molecule has 0 aliphatic carbocycles. The number of hydrogen-bond donors (Lipinski definition) is 5. The summed E-state index contributed by atoms with van der Waals surface area (Å²) in [6.07, 6.45) is 1.35. The molecule has 3 amide bonds. The van der Waals surface area contributed by atoms with Crippen LogP contribution in [0.3, 0.4) is 0 Å². The van der Waals surface area contributed by atoms with Gasteiger partial charge in [-0.3, -0.25) is 24.5 Å². The van der Waals surface area contributed by atoms with Gasteiger partial charge < -0.3 is 21.5 Å². The molecule has 0 saturated carbocycles. The largest absolute Gasteiger partial charge is 0.480 e. The number of carbonyl (C=O) groups is 4. The van der Waals surface area contributed by atoms with Gasteiger partial charge in [0, 0.05) is 6.42 Å². The molecular weight excluding hydrogens is 460 g/mol. The van der Waals surface area contributed by atoms with Crippen LogP contribution in [0.25, 0.3) is 0 Å². The summed E-state index contributed by atoms with van der Waals surface area (Å²) in [5, 5.41) is 18.1. The first-order valence-corrected chi connectivity index (χ1v) is 12.7. The summed E-state index contributed by atoms with van der Waals surface area (Å²) in [7, 11) is 0. The average Bonchev–Trinajstić information content (AvgIpc) is 2.76. The molecule has 0 saturated heterocycles. The Morgan fingerprint density at radius 1 is 0.722 bits per heavy atom. The first-order chi connectivity index (χ1) is 16.8. The van der Waals surface area contributed by atoms with E-state index in [1.54, 1.807) is 0 Å². The van der Waals surface area contributed by atoms with E-state index in [9.17, 15) is 24.3 Å². The molecule has 0 bridgehead atoms. The van der Waals surface area contributed by atoms with E-state index in [0.717, 1.165) is 5.56 Å². The summed E-state index contributed by atoms with van der Waals surface area (Å²) in [5.41, 5.74) is 6.40. The molecule has 4 atom stereocenters. The number of carboxylic acid groups (broad SMARTS) is 1. The Labute approximate surface area is 215 Å². The number of nitrogens with one attached hydrogen (secondary N) is 3. The van der Waals surface area contributed by atoms with E-state index in [2.05, 4.69) is 16.0 Å². The lowest BCUT2D eigenvalue weighted by molar-refractivity contribution is -0.140. The molecule has 9 nitrogen and oxygen atoms in total. The van der Waals surface area contributed by atoms with E-state index in [1.807, 2.05) is 71.9 Å². The highest BCUT2D eigenvalue weighted by Crippen LogP contribution is 2.13. The third-order valence-electron chi connectivity index (χ3n) is 5.71. The maximum absolute atomic E-state index is 13.3. The molecule has 6 N–H and O–H groups in total. The van der Waals surface area contributed by atoms with Crippen molar-refractivity contribution in [1.29, 1.82) is 0 Å². The zero-order chi connectivity index (χ0) is 27.4. The molecule has 1 aromatic rings. The van der Waals surface area contributed by atoms with Crippen molar-refractivity contribution in [2.45, 2.75) is 91.4 Å². The van der Waals surface area contributed by atoms with Crippen molar-refractivity contribution in [2.75, 3.05) is 0 Å². The van der Waals surface area contributed by atoms with Gasteiger partial charge in [-0.1, -0.05) is 71.9 Å². The Bertz CT molecular complexity index is 857. The van der Waals surface area contributed by atoms with Gasteiger partial charge in [0.2, 0.25) is 17.7 Å². The fourth-order valence-corrected chi connectivity index (χ4v) is 4.00. The summed E-state index contributed by atoms with van der Waals surface area (Å²) in [6.45, 7) is 11.6. The molecule has 9 heteroatoms. The molecule has 1 rings (SSSR count). The molecule has 202 valence electrons. The summed E-state index contributed by atoms with van der Waals surface area (Å²) in [4.78, 5) is 50.3. The maximum atomic E-state index is 13.3. The Morgan fingerprint density at radius 3 is 1.64 bits per heavy atom. The van der Waals surface area contributed by atoms with Gasteiger partial charge in [0.05, 0.1) is 6.04 Å². The van der Waals surface area contributed by atoms with E-state index in [-0.39, 0.29) is 24.2 Å². The first-order valence-electron chi connectivity index (χ1n) is 12.7. The van der Waals surface area contributed by atoms with Crippen LogP contribution in [0.15, 0.2) is 30.3 Å². The third-order valence-corrected chi connectivity index (χ3v) is 5.71. The molecule has 0 aliphatic heterocycles. The highest BCUT2D eigenvalue weighted by Gasteiger charge is 2.31. The molecule has 0 aliphatic rings. The Morgan fingerprint density at radius 2 is 1.17 bits per heavy atom. The van der Waals surface area contributed by atoms with Crippen molar-refractivity contribution < 1.29 is 24.3 Å². The van der Waals surface area contributed by atoms with E-state index < -0.39 is 47.9 Å². The number of carbonyl (C=O) groups excluding carboxylic acids is 3. The molecular formula is C27H44N4O5. The molecule has 0 radical (unpaired) electrons. The lowest BCUT2D eigenvalue weighted by Crippen LogP contribution is -2.58. The molecule has 0 spiro atoms. The van der Waals surface area contributed by atoms with Crippen molar-refractivity contribution in [3.05, 3.63) is 35.9 Å². The van der Waals surface area contributed by atoms with E-state index in [0.29, 0.717) is 19.3 Å². The van der Waals surface area contributed by atoms with Crippen LogP contribution in [0.2, 0.25) is 0 Å². The van der Waals surface area contributed by atoms with Crippen molar-refractivity contribution in [2.24, 2.45) is 23.5 Å². The van der Waals surface area contributed by atoms with Crippen LogP contribution in [0, 0.1) is 17.8 Å². The summed E-state index contributed by atoms with van der Waals surface area (Å²) in [6, 6.07) is 5.70. The van der Waals surface area contributed by atoms with Crippen LogP contribution in [-0.4, -0.2) is 53.0 Å². The normalized spacial score (nSPS) is 14.8. The van der Waals surface area contributed by atoms with Crippen LogP contribution < -0.4 is 21.7 Å². The Hall–Kier alpha value is -2.94. The second-order valence-electron chi connectivity index (χ2n) is 10.7. The standard InChI is InChI=1S/C27H44N4O5/c1-16(2)12-21(29-23(27(35)36)14-18(5)6)25(33)31-22(13-17(3)4)26(34)30-20(24(28)32)15-19-10-8-7-9-11-19/h7-11,16-18,20-23,29H,12-15H2,1-6H3,(H2,28,32)(H,30,34)(H,31,33)(H,35,36)/t20-,21-,22-,23+/m0/s1. The van der Waals surface area contributed by atoms with Gasteiger partial charge in [-0.05, 0) is 42.6 Å². The predicted octanol–water partition coefficient (Wildman–Crippen LogP) is 2.23. The second-order valence-corrected chi connectivity index (χ2v) is 10.7. The topological polar surface area (TPSA) is 151 Å². The van der Waals surface area contributed by atoms with Crippen LogP contribution in [0.5, 0.6) is 0 Å². The van der Waals surface area contributed by atoms with Crippen LogP contribution >= 0.6 is 0 Å². The zero-order valence-corrected chi connectivity index (χ0v) is 22.4. The van der Waals surface area contributed by atoms with Gasteiger partial charge >= 0.3 is 5.97 Å². The minimum Gasteiger partial charge on any atom is -0.480 e. The summed E-state index contributed by atoms with van der Waals surface area (Å²) in [5.74, 6) is -2.33. The van der Waals surface area contributed by atoms with E-state index >= 15 is 0 Å². The number of amides is 3. The SMILES string of the molecule is CC(C)C[C@H](NC(=O)[C@H](CC(C)C)N[C@H](CC(C)C)C(=O)O)C(=O)N[C@@H](Cc1ccccc1)C(N)=O. The molecule has 0 unspecified atom stereocenters. The third kappa shape index (κ3) is 11.7. The van der Waals surface area contributed by atoms with Crippen LogP contribution in [0.4, 0.5) is 0 Å². The van der Waals surface area contributed by atoms with Crippen molar-refractivity contribution in [3.8, 4) is 0 Å². The van der Waals surface area contributed by atoms with Gasteiger partial charge in [0.15, 0.2) is 0 Å². The number of benzene rings is 1. The van der Waals surface area contributed by atoms with Crippen LogP contribution in [0.1, 0.15) is 66.4 Å². The number of carboxylic acids is 1. The highest BCUT2D eigenvalue weighted by atomic mass is 16.4. The van der Waals surface area contributed by atoms with E-state index in [4.69, 9.17) is 5.73 Å². The molecule has 0 fully saturated rings. The fraction of sp³-hybridized carbons (Fsp3) is 0.630. The van der Waals surface area contributed by atoms with Gasteiger partial charge in [0.25, 0.3) is 0 Å². The number of primary amides is 1. The maximum Gasteiger partial charge on any atom is 0.320 e. The lowest BCUT2D eigenvalue weighted by Gasteiger charge is -2.28. The molecule has 0 heterocycles. The quantitative estimate of drug-likeness (QED) is 0.233. The fourth-order valence-electron chi connectivity index (χ4n) is 4.00. The van der Waals surface area contributed by atoms with Crippen molar-refractivity contribution in [3.63, 3.8) is 0 Å². The minimum absolute atomic E-state index is 0.0754. The van der Waals surface area contributed by atoms with Gasteiger partial charge in [-0.15, -0.1) is 0 Å². The molecule has 36 heavy (non-hydrogen) atoms. The average molecular weight is 505 g/mol. The van der Waals surface area contributed by atoms with Crippen molar-refractivity contribution in [1.82, 2.24) is 16.0 Å². The summed E-state index contributed by atoms with van der Waals surface area (Å²) >= 11 is 0. The predicted molar refractivity (Wildman–Crippen MR) is 140 cm³/mol. The lowest BCUT2D eigenvalue weighted by atomic mass is 9.97. The summed E-state index contributed by atoms with van der Waals surface area (Å²) < 4.78 is 0. The Kier molecular flexibility index (Phi) is 13.2. The number of nitrogens with two attached hydrogens (primary N) is 1. The number of rotatable bonds is 16. The minimum atomic E-state index is -1.02. The molecule has 1 aromatic carbocycles. The number of aliphatic carboxylic acids is 1. The zero-order valence-electron chi connectivity index (χ0n) is 22.4. The van der Waals surface area contributed by atoms with Gasteiger partial charge in [0.1, 0.15) is 18.1 Å². The Balaban J connectivity index is 3.05. The monoisotopic (exact) mass is 504 g/mol. The number of hydrogen-bond acceptors (Lipinski definition) is 5.